The third kappa shape index (κ3) is 4.24. The van der Waals surface area contributed by atoms with Gasteiger partial charge in [0.25, 0.3) is 5.91 Å². The Morgan fingerprint density at radius 1 is 0.966 bits per heavy atom. The van der Waals surface area contributed by atoms with Gasteiger partial charge in [-0.25, -0.2) is 0 Å². The molecule has 0 bridgehead atoms. The minimum atomic E-state index is -0.208. The van der Waals surface area contributed by atoms with Gasteiger partial charge in [0, 0.05) is 37.4 Å². The average molecular weight is 410 g/mol. The van der Waals surface area contributed by atoms with Crippen molar-refractivity contribution in [3.8, 4) is 11.5 Å². The zero-order valence-electron chi connectivity index (χ0n) is 16.5. The molecule has 2 aromatic rings. The number of carbonyl (C=O) groups is 1. The van der Waals surface area contributed by atoms with Crippen molar-refractivity contribution in [2.45, 2.75) is 0 Å². The predicted molar refractivity (Wildman–Crippen MR) is 118 cm³/mol. The van der Waals surface area contributed by atoms with Gasteiger partial charge >= 0.3 is 0 Å². The van der Waals surface area contributed by atoms with Crippen molar-refractivity contribution >= 4 is 34.6 Å². The Hall–Kier alpha value is -2.93. The number of hydrogen-bond acceptors (Lipinski definition) is 6. The van der Waals surface area contributed by atoms with Crippen LogP contribution in [0.1, 0.15) is 5.56 Å². The lowest BCUT2D eigenvalue weighted by Crippen LogP contribution is -2.47. The molecule has 2 aromatic carbocycles. The monoisotopic (exact) mass is 409 g/mol. The average Bonchev–Trinajstić information content (AvgIpc) is 3.14. The van der Waals surface area contributed by atoms with Gasteiger partial charge in [0.05, 0.1) is 19.1 Å². The first-order valence-electron chi connectivity index (χ1n) is 9.47. The summed E-state index contributed by atoms with van der Waals surface area (Å²) in [6.07, 6.45) is 1.82. The van der Waals surface area contributed by atoms with Gasteiger partial charge in [-0.05, 0) is 48.2 Å². The van der Waals surface area contributed by atoms with Crippen molar-refractivity contribution < 1.29 is 14.3 Å². The summed E-state index contributed by atoms with van der Waals surface area (Å²) in [6, 6.07) is 15.9. The third-order valence-corrected chi connectivity index (χ3v) is 6.05. The van der Waals surface area contributed by atoms with Crippen molar-refractivity contribution in [3.05, 3.63) is 59.0 Å². The van der Waals surface area contributed by atoms with Crippen molar-refractivity contribution in [1.82, 2.24) is 4.90 Å². The highest BCUT2D eigenvalue weighted by Crippen LogP contribution is 2.34. The number of piperazine rings is 1. The maximum absolute atomic E-state index is 12.5. The molecule has 150 valence electrons. The van der Waals surface area contributed by atoms with Gasteiger partial charge in [-0.15, -0.1) is 0 Å². The maximum Gasteiger partial charge on any atom is 0.286 e. The Balaban J connectivity index is 1.45. The summed E-state index contributed by atoms with van der Waals surface area (Å²) in [4.78, 5) is 21.9. The van der Waals surface area contributed by atoms with Crippen LogP contribution in [0.2, 0.25) is 0 Å². The predicted octanol–water partition coefficient (Wildman–Crippen LogP) is 3.50. The van der Waals surface area contributed by atoms with Crippen LogP contribution in [0.4, 0.5) is 5.69 Å². The number of aliphatic imine (C=N–C) groups is 1. The van der Waals surface area contributed by atoms with E-state index in [9.17, 15) is 4.79 Å². The lowest BCUT2D eigenvalue weighted by molar-refractivity contribution is -0.113. The number of thioether (sulfide) groups is 1. The number of benzene rings is 2. The molecule has 0 N–H and O–H groups in total. The smallest absolute Gasteiger partial charge is 0.286 e. The Kier molecular flexibility index (Phi) is 5.76. The van der Waals surface area contributed by atoms with E-state index in [-0.39, 0.29) is 5.91 Å². The van der Waals surface area contributed by atoms with Crippen LogP contribution < -0.4 is 14.4 Å². The van der Waals surface area contributed by atoms with Crippen LogP contribution in [0.15, 0.2) is 58.4 Å². The van der Waals surface area contributed by atoms with E-state index in [1.165, 1.54) is 17.4 Å². The molecule has 29 heavy (non-hydrogen) atoms. The van der Waals surface area contributed by atoms with Gasteiger partial charge in [-0.1, -0.05) is 18.2 Å². The molecule has 0 aliphatic carbocycles. The van der Waals surface area contributed by atoms with E-state index in [0.717, 1.165) is 36.9 Å². The molecule has 6 nitrogen and oxygen atoms in total. The van der Waals surface area contributed by atoms with Crippen molar-refractivity contribution in [3.63, 3.8) is 0 Å². The lowest BCUT2D eigenvalue weighted by atomic mass is 10.1. The highest BCUT2D eigenvalue weighted by molar-refractivity contribution is 8.18. The topological polar surface area (TPSA) is 54.4 Å². The second-order valence-electron chi connectivity index (χ2n) is 6.73. The quantitative estimate of drug-likeness (QED) is 0.721. The fourth-order valence-electron chi connectivity index (χ4n) is 3.42. The third-order valence-electron chi connectivity index (χ3n) is 5.00. The highest BCUT2D eigenvalue weighted by Gasteiger charge is 2.28. The van der Waals surface area contributed by atoms with Gasteiger partial charge in [0.2, 0.25) is 0 Å². The van der Waals surface area contributed by atoms with E-state index in [1.54, 1.807) is 14.2 Å². The molecular weight excluding hydrogens is 386 g/mol. The molecule has 0 radical (unpaired) electrons. The van der Waals surface area contributed by atoms with Crippen molar-refractivity contribution in [2.75, 3.05) is 45.3 Å². The fraction of sp³-hybridized carbons (Fsp3) is 0.273. The summed E-state index contributed by atoms with van der Waals surface area (Å²) in [5.74, 6) is 1.20. The van der Waals surface area contributed by atoms with E-state index in [4.69, 9.17) is 9.47 Å². The summed E-state index contributed by atoms with van der Waals surface area (Å²) in [5.41, 5.74) is 2.03. The minimum absolute atomic E-state index is 0.208. The molecule has 2 heterocycles. The van der Waals surface area contributed by atoms with E-state index < -0.39 is 0 Å². The SMILES string of the molecule is COc1ccc(OC)c(/C=C2\SC(N3CCN(c4ccccc4)CC3)=NC2=O)c1. The molecule has 4 rings (SSSR count). The Morgan fingerprint density at radius 3 is 2.38 bits per heavy atom. The zero-order valence-corrected chi connectivity index (χ0v) is 17.3. The molecule has 0 unspecified atom stereocenters. The zero-order chi connectivity index (χ0) is 20.2. The Labute approximate surface area is 174 Å². The molecule has 1 saturated heterocycles. The number of para-hydroxylation sites is 1. The number of methoxy groups -OCH3 is 2. The van der Waals surface area contributed by atoms with Crippen molar-refractivity contribution in [1.29, 1.82) is 0 Å². The molecule has 0 aromatic heterocycles. The van der Waals surface area contributed by atoms with Crippen LogP contribution >= 0.6 is 11.8 Å². The molecule has 1 fully saturated rings. The molecule has 2 aliphatic rings. The minimum Gasteiger partial charge on any atom is -0.497 e. The molecule has 2 aliphatic heterocycles. The number of carbonyl (C=O) groups excluding carboxylic acids is 1. The first-order chi connectivity index (χ1) is 14.2. The number of ether oxygens (including phenoxy) is 2. The van der Waals surface area contributed by atoms with E-state index in [0.29, 0.717) is 16.4 Å². The molecule has 0 atom stereocenters. The Bertz CT molecular complexity index is 951. The second kappa shape index (κ2) is 8.61. The largest absolute Gasteiger partial charge is 0.497 e. The summed E-state index contributed by atoms with van der Waals surface area (Å²) >= 11 is 1.42. The van der Waals surface area contributed by atoms with E-state index >= 15 is 0 Å². The van der Waals surface area contributed by atoms with Crippen LogP contribution in [-0.4, -0.2) is 56.4 Å². The van der Waals surface area contributed by atoms with E-state index in [1.807, 2.05) is 30.3 Å². The summed E-state index contributed by atoms with van der Waals surface area (Å²) in [6.45, 7) is 3.48. The van der Waals surface area contributed by atoms with Gasteiger partial charge in [0.1, 0.15) is 11.5 Å². The van der Waals surface area contributed by atoms with Crippen LogP contribution in [0.5, 0.6) is 11.5 Å². The number of rotatable bonds is 4. The van der Waals surface area contributed by atoms with Crippen molar-refractivity contribution in [2.24, 2.45) is 4.99 Å². The maximum atomic E-state index is 12.5. The Morgan fingerprint density at radius 2 is 1.69 bits per heavy atom. The van der Waals surface area contributed by atoms with Gasteiger partial charge in [-0.3, -0.25) is 4.79 Å². The number of hydrogen-bond donors (Lipinski definition) is 0. The molecular formula is C22H23N3O3S. The highest BCUT2D eigenvalue weighted by atomic mass is 32.2. The van der Waals surface area contributed by atoms with Crippen LogP contribution in [0, 0.1) is 0 Å². The number of amidine groups is 1. The number of amides is 1. The summed E-state index contributed by atoms with van der Waals surface area (Å²) in [7, 11) is 3.23. The number of nitrogens with zero attached hydrogens (tertiary/aromatic N) is 3. The fourth-order valence-corrected chi connectivity index (χ4v) is 4.38. The van der Waals surface area contributed by atoms with Crippen LogP contribution in [-0.2, 0) is 4.79 Å². The molecule has 0 spiro atoms. The van der Waals surface area contributed by atoms with Gasteiger partial charge < -0.3 is 19.3 Å². The van der Waals surface area contributed by atoms with Crippen LogP contribution in [0.3, 0.4) is 0 Å². The standard InChI is InChI=1S/C22H23N3O3S/c1-27-18-8-9-19(28-2)16(14-18)15-20-21(26)23-22(29-20)25-12-10-24(11-13-25)17-6-4-3-5-7-17/h3-9,14-15H,10-13H2,1-2H3/b20-15-. The summed E-state index contributed by atoms with van der Waals surface area (Å²) in [5, 5.41) is 0.774. The lowest BCUT2D eigenvalue weighted by Gasteiger charge is -2.36. The normalized spacial score (nSPS) is 18.2. The molecule has 1 amide bonds. The van der Waals surface area contributed by atoms with E-state index in [2.05, 4.69) is 39.1 Å². The second-order valence-corrected chi connectivity index (χ2v) is 7.74. The first kappa shape index (κ1) is 19.4. The summed E-state index contributed by atoms with van der Waals surface area (Å²) < 4.78 is 10.7. The molecule has 0 saturated carbocycles. The molecule has 7 heteroatoms. The van der Waals surface area contributed by atoms with Crippen LogP contribution in [0.25, 0.3) is 6.08 Å². The van der Waals surface area contributed by atoms with Gasteiger partial charge in [0.15, 0.2) is 5.17 Å². The number of anilines is 1. The first-order valence-corrected chi connectivity index (χ1v) is 10.3. The van der Waals surface area contributed by atoms with Gasteiger partial charge in [-0.2, -0.15) is 4.99 Å².